The lowest BCUT2D eigenvalue weighted by Crippen LogP contribution is -2.39. The lowest BCUT2D eigenvalue weighted by atomic mass is 9.91. The maximum atomic E-state index is 13.3. The van der Waals surface area contributed by atoms with Crippen molar-refractivity contribution in [1.82, 2.24) is 4.90 Å². The molecule has 0 radical (unpaired) electrons. The largest absolute Gasteiger partial charge is 0.496 e. The highest BCUT2D eigenvalue weighted by Gasteiger charge is 2.22. The summed E-state index contributed by atoms with van der Waals surface area (Å²) >= 11 is 0. The standard InChI is InChI=1S/C15H23FN2O/c1-11(17)12-5-7-18(8-6-12)10-13-9-14(16)3-4-15(13)19-2/h3-4,9,11-12H,5-8,10,17H2,1-2H3. The Morgan fingerprint density at radius 1 is 1.42 bits per heavy atom. The summed E-state index contributed by atoms with van der Waals surface area (Å²) in [4.78, 5) is 2.34. The quantitative estimate of drug-likeness (QED) is 0.909. The molecule has 0 saturated carbocycles. The van der Waals surface area contributed by atoms with E-state index in [1.54, 1.807) is 19.2 Å². The fraction of sp³-hybridized carbons (Fsp3) is 0.600. The van der Waals surface area contributed by atoms with Gasteiger partial charge >= 0.3 is 0 Å². The minimum atomic E-state index is -0.207. The number of halogens is 1. The molecule has 0 bridgehead atoms. The van der Waals surface area contributed by atoms with Crippen LogP contribution in [0.2, 0.25) is 0 Å². The van der Waals surface area contributed by atoms with Crippen LogP contribution in [0, 0.1) is 11.7 Å². The Morgan fingerprint density at radius 2 is 2.11 bits per heavy atom. The average molecular weight is 266 g/mol. The number of nitrogens with two attached hydrogens (primary N) is 1. The van der Waals surface area contributed by atoms with E-state index in [2.05, 4.69) is 11.8 Å². The summed E-state index contributed by atoms with van der Waals surface area (Å²) in [6.07, 6.45) is 2.24. The highest BCUT2D eigenvalue weighted by atomic mass is 19.1. The molecule has 0 aliphatic carbocycles. The van der Waals surface area contributed by atoms with Crippen LogP contribution in [0.1, 0.15) is 25.3 Å². The van der Waals surface area contributed by atoms with Crippen LogP contribution in [0.4, 0.5) is 4.39 Å². The van der Waals surface area contributed by atoms with Gasteiger partial charge in [0.1, 0.15) is 11.6 Å². The predicted molar refractivity (Wildman–Crippen MR) is 74.6 cm³/mol. The van der Waals surface area contributed by atoms with Crippen molar-refractivity contribution < 1.29 is 9.13 Å². The number of benzene rings is 1. The molecule has 1 unspecified atom stereocenters. The number of nitrogens with zero attached hydrogens (tertiary/aromatic N) is 1. The summed E-state index contributed by atoms with van der Waals surface area (Å²) in [5.74, 6) is 1.17. The molecule has 4 heteroatoms. The molecule has 1 atom stereocenters. The molecule has 0 spiro atoms. The minimum absolute atomic E-state index is 0.207. The van der Waals surface area contributed by atoms with E-state index in [1.165, 1.54) is 6.07 Å². The van der Waals surface area contributed by atoms with E-state index in [-0.39, 0.29) is 11.9 Å². The van der Waals surface area contributed by atoms with Crippen molar-refractivity contribution in [1.29, 1.82) is 0 Å². The van der Waals surface area contributed by atoms with Gasteiger partial charge in [0.25, 0.3) is 0 Å². The molecule has 1 aliphatic heterocycles. The molecule has 106 valence electrons. The zero-order valence-electron chi connectivity index (χ0n) is 11.7. The van der Waals surface area contributed by atoms with Gasteiger partial charge in [0, 0.05) is 18.2 Å². The summed E-state index contributed by atoms with van der Waals surface area (Å²) in [6, 6.07) is 4.96. The Morgan fingerprint density at radius 3 is 2.68 bits per heavy atom. The number of hydrogen-bond acceptors (Lipinski definition) is 3. The Hall–Kier alpha value is -1.13. The van der Waals surface area contributed by atoms with Gasteiger partial charge in [-0.2, -0.15) is 0 Å². The normalized spacial score (nSPS) is 19.4. The fourth-order valence-electron chi connectivity index (χ4n) is 2.75. The third kappa shape index (κ3) is 3.67. The number of methoxy groups -OCH3 is 1. The van der Waals surface area contributed by atoms with Gasteiger partial charge in [0.05, 0.1) is 7.11 Å². The SMILES string of the molecule is COc1ccc(F)cc1CN1CCC(C(C)N)CC1. The zero-order chi connectivity index (χ0) is 13.8. The number of hydrogen-bond donors (Lipinski definition) is 1. The van der Waals surface area contributed by atoms with Crippen molar-refractivity contribution in [2.75, 3.05) is 20.2 Å². The maximum absolute atomic E-state index is 13.3. The van der Waals surface area contributed by atoms with E-state index in [1.807, 2.05) is 0 Å². The highest BCUT2D eigenvalue weighted by molar-refractivity contribution is 5.33. The van der Waals surface area contributed by atoms with E-state index in [9.17, 15) is 4.39 Å². The van der Waals surface area contributed by atoms with Crippen molar-refractivity contribution >= 4 is 0 Å². The number of ether oxygens (including phenoxy) is 1. The van der Waals surface area contributed by atoms with Gasteiger partial charge in [-0.05, 0) is 57.0 Å². The molecule has 1 aliphatic rings. The van der Waals surface area contributed by atoms with E-state index in [0.29, 0.717) is 5.92 Å². The molecule has 0 aromatic heterocycles. The molecule has 2 N–H and O–H groups in total. The lowest BCUT2D eigenvalue weighted by molar-refractivity contribution is 0.164. The third-order valence-corrected chi connectivity index (χ3v) is 4.01. The van der Waals surface area contributed by atoms with Crippen LogP contribution >= 0.6 is 0 Å². The van der Waals surface area contributed by atoms with Crippen LogP contribution < -0.4 is 10.5 Å². The van der Waals surface area contributed by atoms with Gasteiger partial charge in [-0.15, -0.1) is 0 Å². The van der Waals surface area contributed by atoms with Crippen molar-refractivity contribution in [2.45, 2.75) is 32.4 Å². The van der Waals surface area contributed by atoms with E-state index in [4.69, 9.17) is 10.5 Å². The second kappa shape index (κ2) is 6.35. The fourth-order valence-corrected chi connectivity index (χ4v) is 2.75. The molecule has 2 rings (SSSR count). The lowest BCUT2D eigenvalue weighted by Gasteiger charge is -2.33. The smallest absolute Gasteiger partial charge is 0.123 e. The van der Waals surface area contributed by atoms with Gasteiger partial charge in [0.2, 0.25) is 0 Å². The summed E-state index contributed by atoms with van der Waals surface area (Å²) in [7, 11) is 1.62. The van der Waals surface area contributed by atoms with E-state index < -0.39 is 0 Å². The van der Waals surface area contributed by atoms with E-state index >= 15 is 0 Å². The van der Waals surface area contributed by atoms with Gasteiger partial charge in [0.15, 0.2) is 0 Å². The first-order valence-corrected chi connectivity index (χ1v) is 6.90. The predicted octanol–water partition coefficient (Wildman–Crippen LogP) is 2.39. The number of piperidine rings is 1. The summed E-state index contributed by atoms with van der Waals surface area (Å²) < 4.78 is 18.6. The molecular formula is C15H23FN2O. The molecule has 1 saturated heterocycles. The molecule has 19 heavy (non-hydrogen) atoms. The highest BCUT2D eigenvalue weighted by Crippen LogP contribution is 2.25. The second-order valence-corrected chi connectivity index (χ2v) is 5.43. The summed E-state index contributed by atoms with van der Waals surface area (Å²) in [5.41, 5.74) is 6.86. The Bertz CT molecular complexity index is 415. The maximum Gasteiger partial charge on any atom is 0.123 e. The zero-order valence-corrected chi connectivity index (χ0v) is 11.7. The Balaban J connectivity index is 1.97. The number of likely N-dealkylation sites (tertiary alicyclic amines) is 1. The summed E-state index contributed by atoms with van der Waals surface area (Å²) in [6.45, 7) is 4.86. The molecule has 1 aromatic rings. The van der Waals surface area contributed by atoms with Gasteiger partial charge in [-0.3, -0.25) is 4.90 Å². The Labute approximate surface area is 114 Å². The van der Waals surface area contributed by atoms with Crippen LogP contribution in [0.25, 0.3) is 0 Å². The Kier molecular flexibility index (Phi) is 4.77. The molecule has 3 nitrogen and oxygen atoms in total. The first-order chi connectivity index (χ1) is 9.10. The van der Waals surface area contributed by atoms with Gasteiger partial charge < -0.3 is 10.5 Å². The van der Waals surface area contributed by atoms with Crippen LogP contribution in [-0.2, 0) is 6.54 Å². The first-order valence-electron chi connectivity index (χ1n) is 6.90. The topological polar surface area (TPSA) is 38.5 Å². The minimum Gasteiger partial charge on any atom is -0.496 e. The third-order valence-electron chi connectivity index (χ3n) is 4.01. The molecular weight excluding hydrogens is 243 g/mol. The van der Waals surface area contributed by atoms with Crippen LogP contribution in [0.3, 0.4) is 0 Å². The summed E-state index contributed by atoms with van der Waals surface area (Å²) in [5, 5.41) is 0. The van der Waals surface area contributed by atoms with Crippen molar-refractivity contribution in [3.63, 3.8) is 0 Å². The number of rotatable bonds is 4. The van der Waals surface area contributed by atoms with Crippen LogP contribution in [-0.4, -0.2) is 31.1 Å². The first kappa shape index (κ1) is 14.3. The monoisotopic (exact) mass is 266 g/mol. The molecule has 0 amide bonds. The van der Waals surface area contributed by atoms with Gasteiger partial charge in [-0.25, -0.2) is 4.39 Å². The molecule has 1 fully saturated rings. The van der Waals surface area contributed by atoms with Crippen LogP contribution in [0.15, 0.2) is 18.2 Å². The molecule has 1 aromatic carbocycles. The second-order valence-electron chi connectivity index (χ2n) is 5.43. The van der Waals surface area contributed by atoms with E-state index in [0.717, 1.165) is 43.8 Å². The average Bonchev–Trinajstić information content (AvgIpc) is 2.39. The van der Waals surface area contributed by atoms with Crippen LogP contribution in [0.5, 0.6) is 5.75 Å². The van der Waals surface area contributed by atoms with Crippen molar-refractivity contribution in [2.24, 2.45) is 11.7 Å². The van der Waals surface area contributed by atoms with Gasteiger partial charge in [-0.1, -0.05) is 0 Å². The van der Waals surface area contributed by atoms with Crippen molar-refractivity contribution in [3.05, 3.63) is 29.6 Å². The molecule has 1 heterocycles. The van der Waals surface area contributed by atoms with Crippen molar-refractivity contribution in [3.8, 4) is 5.75 Å².